The van der Waals surface area contributed by atoms with Crippen molar-refractivity contribution in [3.8, 4) is 0 Å². The van der Waals surface area contributed by atoms with Crippen molar-refractivity contribution in [2.45, 2.75) is 46.1 Å². The second-order valence-electron chi connectivity index (χ2n) is 5.77. The lowest BCUT2D eigenvalue weighted by atomic mass is 9.96. The van der Waals surface area contributed by atoms with Gasteiger partial charge in [-0.1, -0.05) is 20.8 Å². The Morgan fingerprint density at radius 3 is 2.62 bits per heavy atom. The summed E-state index contributed by atoms with van der Waals surface area (Å²) >= 11 is 0. The molecule has 2 rings (SSSR count). The van der Waals surface area contributed by atoms with E-state index in [9.17, 15) is 9.90 Å². The number of carboxylic acid groups (broad SMARTS) is 1. The number of nitrogens with two attached hydrogens (primary N) is 1. The zero-order chi connectivity index (χ0) is 15.6. The summed E-state index contributed by atoms with van der Waals surface area (Å²) in [6.45, 7) is 7.64. The van der Waals surface area contributed by atoms with Gasteiger partial charge in [-0.3, -0.25) is 0 Å². The Morgan fingerprint density at radius 2 is 2.10 bits per heavy atom. The van der Waals surface area contributed by atoms with Gasteiger partial charge >= 0.3 is 5.97 Å². The molecular formula is C17H24N2O2. The van der Waals surface area contributed by atoms with Crippen molar-refractivity contribution in [1.29, 1.82) is 0 Å². The first-order valence-electron chi connectivity index (χ1n) is 7.58. The van der Waals surface area contributed by atoms with Crippen molar-refractivity contribution < 1.29 is 9.90 Å². The minimum Gasteiger partial charge on any atom is -0.478 e. The van der Waals surface area contributed by atoms with Crippen molar-refractivity contribution in [3.05, 3.63) is 35.0 Å². The van der Waals surface area contributed by atoms with E-state index in [1.165, 1.54) is 5.56 Å². The van der Waals surface area contributed by atoms with Gasteiger partial charge in [0.1, 0.15) is 0 Å². The summed E-state index contributed by atoms with van der Waals surface area (Å²) in [6.07, 6.45) is 3.82. The number of carbonyl (C=O) groups is 1. The molecule has 4 nitrogen and oxygen atoms in total. The summed E-state index contributed by atoms with van der Waals surface area (Å²) in [5.74, 6) is -0.554. The van der Waals surface area contributed by atoms with Crippen molar-refractivity contribution in [2.75, 3.05) is 6.54 Å². The summed E-state index contributed by atoms with van der Waals surface area (Å²) in [7, 11) is 0. The first-order chi connectivity index (χ1) is 9.99. The van der Waals surface area contributed by atoms with Crippen molar-refractivity contribution >= 4 is 16.9 Å². The van der Waals surface area contributed by atoms with Crippen LogP contribution in [0.25, 0.3) is 10.9 Å². The number of aromatic nitrogens is 1. The molecule has 1 aromatic carbocycles. The average Bonchev–Trinajstić information content (AvgIpc) is 2.81. The molecule has 1 aromatic heterocycles. The lowest BCUT2D eigenvalue weighted by molar-refractivity contribution is 0.0698. The number of aryl methyl sites for hydroxylation is 2. The van der Waals surface area contributed by atoms with Gasteiger partial charge in [-0.2, -0.15) is 0 Å². The summed E-state index contributed by atoms with van der Waals surface area (Å²) in [5, 5.41) is 10.7. The topological polar surface area (TPSA) is 68.2 Å². The van der Waals surface area contributed by atoms with Crippen molar-refractivity contribution in [3.63, 3.8) is 0 Å². The van der Waals surface area contributed by atoms with Crippen molar-refractivity contribution in [1.82, 2.24) is 4.57 Å². The number of hydrogen-bond donors (Lipinski definition) is 2. The van der Waals surface area contributed by atoms with Gasteiger partial charge in [-0.15, -0.1) is 0 Å². The maximum Gasteiger partial charge on any atom is 0.337 e. The number of aromatic carboxylic acids is 1. The van der Waals surface area contributed by atoms with E-state index < -0.39 is 5.97 Å². The molecule has 0 atom stereocenters. The van der Waals surface area contributed by atoms with Gasteiger partial charge in [-0.05, 0) is 48.6 Å². The Bertz CT molecular complexity index is 656. The van der Waals surface area contributed by atoms with Gasteiger partial charge in [0.25, 0.3) is 0 Å². The Hall–Kier alpha value is -1.81. The molecule has 0 saturated heterocycles. The van der Waals surface area contributed by atoms with Gasteiger partial charge in [0.05, 0.1) is 11.1 Å². The molecule has 4 heteroatoms. The maximum absolute atomic E-state index is 11.7. The Labute approximate surface area is 125 Å². The smallest absolute Gasteiger partial charge is 0.337 e. The highest BCUT2D eigenvalue weighted by molar-refractivity contribution is 6.04. The monoisotopic (exact) mass is 288 g/mol. The second kappa shape index (κ2) is 6.31. The van der Waals surface area contributed by atoms with Crippen LogP contribution in [-0.4, -0.2) is 22.2 Å². The van der Waals surface area contributed by atoms with Gasteiger partial charge in [-0.25, -0.2) is 4.79 Å². The number of nitrogens with zero attached hydrogens (tertiary/aromatic N) is 1. The Morgan fingerprint density at radius 1 is 1.38 bits per heavy atom. The van der Waals surface area contributed by atoms with Gasteiger partial charge in [0, 0.05) is 18.1 Å². The molecule has 0 unspecified atom stereocenters. The molecule has 2 aromatic rings. The molecule has 114 valence electrons. The number of hydrogen-bond acceptors (Lipinski definition) is 2. The van der Waals surface area contributed by atoms with Crippen LogP contribution in [0.2, 0.25) is 0 Å². The molecule has 0 spiro atoms. The quantitative estimate of drug-likeness (QED) is 0.856. The summed E-state index contributed by atoms with van der Waals surface area (Å²) < 4.78 is 2.05. The van der Waals surface area contributed by atoms with Crippen LogP contribution < -0.4 is 5.73 Å². The highest BCUT2D eigenvalue weighted by Gasteiger charge is 2.18. The first-order valence-corrected chi connectivity index (χ1v) is 7.58. The van der Waals surface area contributed by atoms with Gasteiger partial charge in [0.2, 0.25) is 0 Å². The molecule has 0 amide bonds. The number of benzene rings is 1. The fourth-order valence-electron chi connectivity index (χ4n) is 2.75. The SMILES string of the molecule is CCc1cn(CCCN)c2c(C(=O)O)cc(C(C)C)cc12. The lowest BCUT2D eigenvalue weighted by Crippen LogP contribution is -2.08. The van der Waals surface area contributed by atoms with E-state index in [1.807, 2.05) is 6.07 Å². The van der Waals surface area contributed by atoms with Crippen LogP contribution in [0, 0.1) is 0 Å². The van der Waals surface area contributed by atoms with Crippen LogP contribution >= 0.6 is 0 Å². The normalized spacial score (nSPS) is 11.5. The van der Waals surface area contributed by atoms with Crippen LogP contribution in [0.4, 0.5) is 0 Å². The number of fused-ring (bicyclic) bond motifs is 1. The molecule has 3 N–H and O–H groups in total. The lowest BCUT2D eigenvalue weighted by Gasteiger charge is -2.11. The maximum atomic E-state index is 11.7. The first kappa shape index (κ1) is 15.6. The van der Waals surface area contributed by atoms with Crippen LogP contribution in [0.5, 0.6) is 0 Å². The minimum absolute atomic E-state index is 0.310. The predicted molar refractivity (Wildman–Crippen MR) is 86.0 cm³/mol. The molecule has 1 heterocycles. The van der Waals surface area contributed by atoms with Crippen LogP contribution in [0.1, 0.15) is 54.6 Å². The minimum atomic E-state index is -0.864. The van der Waals surface area contributed by atoms with E-state index in [1.54, 1.807) is 0 Å². The largest absolute Gasteiger partial charge is 0.478 e. The van der Waals surface area contributed by atoms with Crippen LogP contribution in [-0.2, 0) is 13.0 Å². The van der Waals surface area contributed by atoms with E-state index in [2.05, 4.69) is 37.6 Å². The predicted octanol–water partition coefficient (Wildman–Crippen LogP) is 3.37. The summed E-state index contributed by atoms with van der Waals surface area (Å²) in [5.41, 5.74) is 9.09. The highest BCUT2D eigenvalue weighted by Crippen LogP contribution is 2.30. The Kier molecular flexibility index (Phi) is 4.68. The zero-order valence-electron chi connectivity index (χ0n) is 13.0. The summed E-state index contributed by atoms with van der Waals surface area (Å²) in [4.78, 5) is 11.7. The molecule has 0 saturated carbocycles. The molecule has 0 fully saturated rings. The molecule has 0 aliphatic heterocycles. The molecule has 21 heavy (non-hydrogen) atoms. The molecule has 0 aliphatic rings. The van der Waals surface area contributed by atoms with E-state index >= 15 is 0 Å². The third-order valence-electron chi connectivity index (χ3n) is 3.96. The van der Waals surface area contributed by atoms with Gasteiger partial charge < -0.3 is 15.4 Å². The fraction of sp³-hybridized carbons (Fsp3) is 0.471. The summed E-state index contributed by atoms with van der Waals surface area (Å²) in [6, 6.07) is 3.96. The van der Waals surface area contributed by atoms with E-state index in [-0.39, 0.29) is 0 Å². The van der Waals surface area contributed by atoms with E-state index in [0.717, 1.165) is 35.9 Å². The fourth-order valence-corrected chi connectivity index (χ4v) is 2.75. The van der Waals surface area contributed by atoms with Crippen molar-refractivity contribution in [2.24, 2.45) is 5.73 Å². The second-order valence-corrected chi connectivity index (χ2v) is 5.77. The van der Waals surface area contributed by atoms with Gasteiger partial charge in [0.15, 0.2) is 0 Å². The zero-order valence-corrected chi connectivity index (χ0v) is 13.0. The Balaban J connectivity index is 2.74. The average molecular weight is 288 g/mol. The van der Waals surface area contributed by atoms with E-state index in [0.29, 0.717) is 18.0 Å². The molecule has 0 aliphatic carbocycles. The molecular weight excluding hydrogens is 264 g/mol. The molecule has 0 radical (unpaired) electrons. The molecule has 0 bridgehead atoms. The van der Waals surface area contributed by atoms with E-state index in [4.69, 9.17) is 5.73 Å². The van der Waals surface area contributed by atoms with Crippen LogP contribution in [0.15, 0.2) is 18.3 Å². The highest BCUT2D eigenvalue weighted by atomic mass is 16.4. The third kappa shape index (κ3) is 2.95. The number of rotatable bonds is 6. The third-order valence-corrected chi connectivity index (χ3v) is 3.96. The van der Waals surface area contributed by atoms with Crippen LogP contribution in [0.3, 0.4) is 0 Å². The number of carboxylic acids is 1. The standard InChI is InChI=1S/C17H24N2O2/c1-4-12-10-19(7-5-6-18)16-14(12)8-13(11(2)3)9-15(16)17(20)21/h8-11H,4-7,18H2,1-3H3,(H,20,21).